The van der Waals surface area contributed by atoms with Crippen LogP contribution in [0.4, 0.5) is 0 Å². The summed E-state index contributed by atoms with van der Waals surface area (Å²) >= 11 is 3.49. The van der Waals surface area contributed by atoms with E-state index in [-0.39, 0.29) is 11.9 Å². The van der Waals surface area contributed by atoms with Crippen molar-refractivity contribution in [3.8, 4) is 0 Å². The lowest BCUT2D eigenvalue weighted by Gasteiger charge is -2.30. The summed E-state index contributed by atoms with van der Waals surface area (Å²) < 4.78 is 3.02. The van der Waals surface area contributed by atoms with Gasteiger partial charge in [-0.25, -0.2) is 0 Å². The fourth-order valence-electron chi connectivity index (χ4n) is 2.95. The molecule has 0 radical (unpaired) electrons. The van der Waals surface area contributed by atoms with Crippen LogP contribution >= 0.6 is 15.9 Å². The van der Waals surface area contributed by atoms with E-state index in [1.54, 1.807) is 0 Å². The molecular formula is C16H26BrN3O. The summed E-state index contributed by atoms with van der Waals surface area (Å²) in [6.45, 7) is 10.0. The summed E-state index contributed by atoms with van der Waals surface area (Å²) in [6, 6.07) is 2.22. The molecule has 0 aliphatic carbocycles. The van der Waals surface area contributed by atoms with Gasteiger partial charge in [0.25, 0.3) is 5.91 Å². The number of aromatic nitrogens is 1. The Balaban J connectivity index is 2.12. The molecule has 1 atom stereocenters. The van der Waals surface area contributed by atoms with E-state index < -0.39 is 0 Å². The van der Waals surface area contributed by atoms with Crippen LogP contribution in [-0.2, 0) is 0 Å². The maximum Gasteiger partial charge on any atom is 0.270 e. The van der Waals surface area contributed by atoms with Crippen LogP contribution < -0.4 is 5.32 Å². The Morgan fingerprint density at radius 2 is 2.33 bits per heavy atom. The number of rotatable bonds is 5. The summed E-state index contributed by atoms with van der Waals surface area (Å²) in [5.74, 6) is 0.719. The maximum atomic E-state index is 12.9. The lowest BCUT2D eigenvalue weighted by molar-refractivity contribution is 0.0716. The topological polar surface area (TPSA) is 37.3 Å². The number of hydrogen-bond acceptors (Lipinski definition) is 2. The van der Waals surface area contributed by atoms with Crippen LogP contribution in [0.1, 0.15) is 50.1 Å². The molecule has 1 aromatic heterocycles. The van der Waals surface area contributed by atoms with Gasteiger partial charge in [0.1, 0.15) is 5.69 Å². The van der Waals surface area contributed by atoms with Crippen LogP contribution in [-0.4, -0.2) is 41.6 Å². The molecule has 1 N–H and O–H groups in total. The molecule has 4 nitrogen and oxygen atoms in total. The monoisotopic (exact) mass is 355 g/mol. The van der Waals surface area contributed by atoms with Crippen molar-refractivity contribution in [3.63, 3.8) is 0 Å². The van der Waals surface area contributed by atoms with Crippen molar-refractivity contribution in [1.82, 2.24) is 14.8 Å². The predicted octanol–water partition coefficient (Wildman–Crippen LogP) is 3.29. The fraction of sp³-hybridized carbons (Fsp3) is 0.688. The molecule has 118 valence electrons. The molecule has 21 heavy (non-hydrogen) atoms. The highest BCUT2D eigenvalue weighted by atomic mass is 79.9. The van der Waals surface area contributed by atoms with Gasteiger partial charge in [-0.2, -0.15) is 0 Å². The number of carbonyl (C=O) groups excluding carboxylic acids is 1. The SMILES string of the molecule is CCN(CC1CCCNC1)C(=O)c1cc(Br)cn1C(C)C. The van der Waals surface area contributed by atoms with Crippen molar-refractivity contribution < 1.29 is 4.79 Å². The van der Waals surface area contributed by atoms with E-state index in [2.05, 4.69) is 42.0 Å². The van der Waals surface area contributed by atoms with Crippen LogP contribution in [0.3, 0.4) is 0 Å². The number of amides is 1. The third-order valence-electron chi connectivity index (χ3n) is 4.14. The van der Waals surface area contributed by atoms with E-state index in [0.717, 1.165) is 36.3 Å². The molecule has 1 unspecified atom stereocenters. The normalized spacial score (nSPS) is 19.0. The summed E-state index contributed by atoms with van der Waals surface area (Å²) in [4.78, 5) is 14.8. The van der Waals surface area contributed by atoms with Crippen LogP contribution in [0.15, 0.2) is 16.7 Å². The van der Waals surface area contributed by atoms with Crippen LogP contribution in [0.2, 0.25) is 0 Å². The third kappa shape index (κ3) is 4.10. The molecule has 5 heteroatoms. The van der Waals surface area contributed by atoms with Gasteiger partial charge in [-0.15, -0.1) is 0 Å². The lowest BCUT2D eigenvalue weighted by Crippen LogP contribution is -2.41. The van der Waals surface area contributed by atoms with Gasteiger partial charge < -0.3 is 14.8 Å². The first-order valence-corrected chi connectivity index (χ1v) is 8.69. The van der Waals surface area contributed by atoms with Gasteiger partial charge >= 0.3 is 0 Å². The molecule has 1 fully saturated rings. The first-order chi connectivity index (χ1) is 10.0. The van der Waals surface area contributed by atoms with Crippen LogP contribution in [0.5, 0.6) is 0 Å². The molecule has 0 bridgehead atoms. The first-order valence-electron chi connectivity index (χ1n) is 7.90. The molecule has 0 saturated carbocycles. The van der Waals surface area contributed by atoms with Crippen LogP contribution in [0.25, 0.3) is 0 Å². The fourth-order valence-corrected chi connectivity index (χ4v) is 3.39. The van der Waals surface area contributed by atoms with Crippen molar-refractivity contribution in [2.24, 2.45) is 5.92 Å². The van der Waals surface area contributed by atoms with Gasteiger partial charge in [-0.3, -0.25) is 4.79 Å². The quantitative estimate of drug-likeness (QED) is 0.879. The average molecular weight is 356 g/mol. The molecule has 1 aromatic rings. The Kier molecular flexibility index (Phi) is 5.88. The van der Waals surface area contributed by atoms with Crippen molar-refractivity contribution in [1.29, 1.82) is 0 Å². The second-order valence-electron chi connectivity index (χ2n) is 6.10. The van der Waals surface area contributed by atoms with E-state index in [9.17, 15) is 4.79 Å². The zero-order valence-corrected chi connectivity index (χ0v) is 14.8. The Labute approximate surface area is 136 Å². The first kappa shape index (κ1) is 16.6. The summed E-state index contributed by atoms with van der Waals surface area (Å²) in [6.07, 6.45) is 4.42. The largest absolute Gasteiger partial charge is 0.340 e. The zero-order valence-electron chi connectivity index (χ0n) is 13.2. The highest BCUT2D eigenvalue weighted by molar-refractivity contribution is 9.10. The molecular weight excluding hydrogens is 330 g/mol. The standard InChI is InChI=1S/C16H26BrN3O/c1-4-19(10-13-6-5-7-18-9-13)16(21)15-8-14(17)11-20(15)12(2)3/h8,11-13,18H,4-7,9-10H2,1-3H3. The van der Waals surface area contributed by atoms with Crippen molar-refractivity contribution in [2.45, 2.75) is 39.7 Å². The maximum absolute atomic E-state index is 12.9. The minimum absolute atomic E-state index is 0.141. The van der Waals surface area contributed by atoms with Crippen molar-refractivity contribution in [3.05, 3.63) is 22.4 Å². The van der Waals surface area contributed by atoms with Gasteiger partial charge in [-0.1, -0.05) is 0 Å². The van der Waals surface area contributed by atoms with E-state index in [1.807, 2.05) is 21.7 Å². The number of nitrogens with zero attached hydrogens (tertiary/aromatic N) is 2. The van der Waals surface area contributed by atoms with E-state index >= 15 is 0 Å². The molecule has 1 amide bonds. The van der Waals surface area contributed by atoms with E-state index in [4.69, 9.17) is 0 Å². The molecule has 2 heterocycles. The molecule has 0 spiro atoms. The highest BCUT2D eigenvalue weighted by Gasteiger charge is 2.23. The number of hydrogen-bond donors (Lipinski definition) is 1. The minimum atomic E-state index is 0.141. The van der Waals surface area contributed by atoms with Gasteiger partial charge in [0.2, 0.25) is 0 Å². The summed E-state index contributed by atoms with van der Waals surface area (Å²) in [7, 11) is 0. The summed E-state index contributed by atoms with van der Waals surface area (Å²) in [5, 5.41) is 3.43. The van der Waals surface area contributed by atoms with Gasteiger partial charge in [-0.05, 0) is 74.6 Å². The smallest absolute Gasteiger partial charge is 0.270 e. The Bertz CT molecular complexity index is 478. The van der Waals surface area contributed by atoms with E-state index in [1.165, 1.54) is 12.8 Å². The molecule has 0 aromatic carbocycles. The predicted molar refractivity (Wildman–Crippen MR) is 89.7 cm³/mol. The van der Waals surface area contributed by atoms with Gasteiger partial charge in [0.05, 0.1) is 0 Å². The number of halogens is 1. The van der Waals surface area contributed by atoms with Crippen molar-refractivity contribution >= 4 is 21.8 Å². The number of nitrogens with one attached hydrogen (secondary N) is 1. The highest BCUT2D eigenvalue weighted by Crippen LogP contribution is 2.22. The average Bonchev–Trinajstić information content (AvgIpc) is 2.87. The van der Waals surface area contributed by atoms with E-state index in [0.29, 0.717) is 5.92 Å². The van der Waals surface area contributed by atoms with Gasteiger partial charge in [0, 0.05) is 29.8 Å². The summed E-state index contributed by atoms with van der Waals surface area (Å²) in [5.41, 5.74) is 0.780. The molecule has 1 saturated heterocycles. The zero-order chi connectivity index (χ0) is 15.4. The second-order valence-corrected chi connectivity index (χ2v) is 7.02. The minimum Gasteiger partial charge on any atom is -0.340 e. The molecule has 1 aliphatic heterocycles. The Morgan fingerprint density at radius 1 is 1.57 bits per heavy atom. The lowest BCUT2D eigenvalue weighted by atomic mass is 9.99. The number of carbonyl (C=O) groups is 1. The Hall–Kier alpha value is -0.810. The molecule has 2 rings (SSSR count). The second kappa shape index (κ2) is 7.45. The third-order valence-corrected chi connectivity index (χ3v) is 4.57. The molecule has 1 aliphatic rings. The van der Waals surface area contributed by atoms with Gasteiger partial charge in [0.15, 0.2) is 0 Å². The van der Waals surface area contributed by atoms with Crippen molar-refractivity contribution in [2.75, 3.05) is 26.2 Å². The number of piperidine rings is 1. The van der Waals surface area contributed by atoms with Crippen LogP contribution in [0, 0.1) is 5.92 Å². The Morgan fingerprint density at radius 3 is 2.90 bits per heavy atom.